The Balaban J connectivity index is 2.97. The van der Waals surface area contributed by atoms with Crippen molar-refractivity contribution in [3.8, 4) is 0 Å². The second-order valence-corrected chi connectivity index (χ2v) is 8.03. The van der Waals surface area contributed by atoms with E-state index < -0.39 is 10.0 Å². The summed E-state index contributed by atoms with van der Waals surface area (Å²) in [4.78, 5) is 1.03. The van der Waals surface area contributed by atoms with E-state index in [9.17, 15) is 8.42 Å². The molecular formula is C14H24N2O3S2. The van der Waals surface area contributed by atoms with Gasteiger partial charge in [-0.1, -0.05) is 13.0 Å². The van der Waals surface area contributed by atoms with Crippen molar-refractivity contribution in [2.24, 2.45) is 0 Å². The molecule has 1 rings (SSSR count). The zero-order valence-corrected chi connectivity index (χ0v) is 14.3. The number of aliphatic hydroxyl groups excluding tert-OH is 1. The van der Waals surface area contributed by atoms with Crippen molar-refractivity contribution < 1.29 is 13.5 Å². The number of aryl methyl sites for hydroxylation is 1. The summed E-state index contributed by atoms with van der Waals surface area (Å²) in [6.07, 6.45) is 2.57. The summed E-state index contributed by atoms with van der Waals surface area (Å²) < 4.78 is 26.7. The van der Waals surface area contributed by atoms with Crippen molar-refractivity contribution in [2.45, 2.75) is 31.0 Å². The summed E-state index contributed by atoms with van der Waals surface area (Å²) in [6.45, 7) is 9.24. The third-order valence-corrected chi connectivity index (χ3v) is 6.54. The van der Waals surface area contributed by atoms with Gasteiger partial charge in [0.2, 0.25) is 0 Å². The molecule has 0 saturated heterocycles. The number of rotatable bonds is 10. The van der Waals surface area contributed by atoms with E-state index in [-0.39, 0.29) is 19.7 Å². The van der Waals surface area contributed by atoms with Gasteiger partial charge in [0.25, 0.3) is 10.0 Å². The van der Waals surface area contributed by atoms with E-state index in [4.69, 9.17) is 5.11 Å². The SMILES string of the molecule is C=CCN(CCO)S(=O)(=O)c1cc(C)c(CNCCC)s1. The lowest BCUT2D eigenvalue weighted by Gasteiger charge is -2.18. The van der Waals surface area contributed by atoms with Crippen molar-refractivity contribution in [1.29, 1.82) is 0 Å². The summed E-state index contributed by atoms with van der Waals surface area (Å²) in [5.74, 6) is 0. The highest BCUT2D eigenvalue weighted by molar-refractivity contribution is 7.91. The number of nitrogens with one attached hydrogen (secondary N) is 1. The van der Waals surface area contributed by atoms with E-state index in [0.717, 1.165) is 23.4 Å². The van der Waals surface area contributed by atoms with Gasteiger partial charge in [-0.25, -0.2) is 8.42 Å². The van der Waals surface area contributed by atoms with Gasteiger partial charge >= 0.3 is 0 Å². The molecule has 0 amide bonds. The number of nitrogens with zero attached hydrogens (tertiary/aromatic N) is 1. The summed E-state index contributed by atoms with van der Waals surface area (Å²) in [6, 6.07) is 1.70. The Morgan fingerprint density at radius 3 is 2.81 bits per heavy atom. The fraction of sp³-hybridized carbons (Fsp3) is 0.571. The third-order valence-electron chi connectivity index (χ3n) is 2.99. The fourth-order valence-corrected chi connectivity index (χ4v) is 4.98. The Hall–Kier alpha value is -0.730. The van der Waals surface area contributed by atoms with Crippen LogP contribution in [-0.4, -0.2) is 44.1 Å². The Labute approximate surface area is 131 Å². The predicted octanol–water partition coefficient (Wildman–Crippen LogP) is 1.73. The highest BCUT2D eigenvalue weighted by Gasteiger charge is 2.25. The number of sulfonamides is 1. The monoisotopic (exact) mass is 332 g/mol. The maximum absolute atomic E-state index is 12.6. The number of aliphatic hydroxyl groups is 1. The van der Waals surface area contributed by atoms with E-state index in [0.29, 0.717) is 10.8 Å². The lowest BCUT2D eigenvalue weighted by atomic mass is 10.3. The first-order valence-corrected chi connectivity index (χ1v) is 9.25. The maximum atomic E-state index is 12.6. The Morgan fingerprint density at radius 1 is 1.52 bits per heavy atom. The highest BCUT2D eigenvalue weighted by Crippen LogP contribution is 2.28. The van der Waals surface area contributed by atoms with Gasteiger partial charge in [0.15, 0.2) is 0 Å². The van der Waals surface area contributed by atoms with Gasteiger partial charge in [-0.15, -0.1) is 17.9 Å². The van der Waals surface area contributed by atoms with Crippen molar-refractivity contribution in [3.63, 3.8) is 0 Å². The fourth-order valence-electron chi connectivity index (χ4n) is 1.86. The average molecular weight is 332 g/mol. The summed E-state index contributed by atoms with van der Waals surface area (Å²) in [7, 11) is -3.56. The van der Waals surface area contributed by atoms with Crippen molar-refractivity contribution >= 4 is 21.4 Å². The van der Waals surface area contributed by atoms with Gasteiger partial charge in [0.1, 0.15) is 4.21 Å². The minimum atomic E-state index is -3.56. The summed E-state index contributed by atoms with van der Waals surface area (Å²) in [5.41, 5.74) is 0.977. The smallest absolute Gasteiger partial charge is 0.252 e. The summed E-state index contributed by atoms with van der Waals surface area (Å²) >= 11 is 1.29. The molecule has 0 aliphatic carbocycles. The second-order valence-electron chi connectivity index (χ2n) is 4.72. The van der Waals surface area contributed by atoms with Gasteiger partial charge < -0.3 is 10.4 Å². The van der Waals surface area contributed by atoms with Crippen LogP contribution in [0.5, 0.6) is 0 Å². The van der Waals surface area contributed by atoms with Crippen molar-refractivity contribution in [1.82, 2.24) is 9.62 Å². The molecule has 0 aliphatic rings. The Kier molecular flexibility index (Phi) is 7.55. The van der Waals surface area contributed by atoms with E-state index in [2.05, 4.69) is 18.8 Å². The van der Waals surface area contributed by atoms with Crippen LogP contribution in [0, 0.1) is 6.92 Å². The molecule has 0 bridgehead atoms. The molecular weight excluding hydrogens is 308 g/mol. The third kappa shape index (κ3) is 4.89. The van der Waals surface area contributed by atoms with Crippen LogP contribution in [0.1, 0.15) is 23.8 Å². The molecule has 0 fully saturated rings. The van der Waals surface area contributed by atoms with Crippen LogP contribution >= 0.6 is 11.3 Å². The van der Waals surface area contributed by atoms with Crippen LogP contribution in [0.4, 0.5) is 0 Å². The standard InChI is InChI=1S/C14H24N2O3S2/c1-4-6-15-11-13-12(3)10-14(20-13)21(18,19)16(7-5-2)8-9-17/h5,10,15,17H,2,4,6-9,11H2,1,3H3. The van der Waals surface area contributed by atoms with E-state index in [1.807, 2.05) is 6.92 Å². The molecule has 0 saturated carbocycles. The average Bonchev–Trinajstić information content (AvgIpc) is 2.81. The van der Waals surface area contributed by atoms with E-state index >= 15 is 0 Å². The molecule has 7 heteroatoms. The van der Waals surface area contributed by atoms with Gasteiger partial charge in [0, 0.05) is 24.5 Å². The van der Waals surface area contributed by atoms with Crippen LogP contribution in [0.2, 0.25) is 0 Å². The van der Waals surface area contributed by atoms with Gasteiger partial charge in [-0.2, -0.15) is 4.31 Å². The Bertz CT molecular complexity index is 553. The first kappa shape index (κ1) is 18.3. The van der Waals surface area contributed by atoms with Gasteiger partial charge in [-0.05, 0) is 31.5 Å². The molecule has 1 heterocycles. The summed E-state index contributed by atoms with van der Waals surface area (Å²) in [5, 5.41) is 12.3. The first-order valence-electron chi connectivity index (χ1n) is 6.99. The van der Waals surface area contributed by atoms with Crippen LogP contribution in [0.3, 0.4) is 0 Å². The quantitative estimate of drug-likeness (QED) is 0.506. The van der Waals surface area contributed by atoms with E-state index in [1.54, 1.807) is 6.07 Å². The van der Waals surface area contributed by atoms with Crippen LogP contribution < -0.4 is 5.32 Å². The zero-order valence-electron chi connectivity index (χ0n) is 12.6. The minimum Gasteiger partial charge on any atom is -0.395 e. The van der Waals surface area contributed by atoms with E-state index in [1.165, 1.54) is 21.7 Å². The largest absolute Gasteiger partial charge is 0.395 e. The maximum Gasteiger partial charge on any atom is 0.252 e. The molecule has 0 radical (unpaired) electrons. The predicted molar refractivity (Wildman–Crippen MR) is 87.1 cm³/mol. The molecule has 0 aliphatic heterocycles. The molecule has 0 unspecified atom stereocenters. The van der Waals surface area contributed by atoms with Gasteiger partial charge in [0.05, 0.1) is 6.61 Å². The number of thiophene rings is 1. The molecule has 1 aromatic heterocycles. The molecule has 1 aromatic rings. The number of hydrogen-bond donors (Lipinski definition) is 2. The lowest BCUT2D eigenvalue weighted by molar-refractivity contribution is 0.260. The molecule has 21 heavy (non-hydrogen) atoms. The van der Waals surface area contributed by atoms with Crippen molar-refractivity contribution in [3.05, 3.63) is 29.2 Å². The Morgan fingerprint density at radius 2 is 2.24 bits per heavy atom. The van der Waals surface area contributed by atoms with Crippen molar-refractivity contribution in [2.75, 3.05) is 26.2 Å². The molecule has 2 N–H and O–H groups in total. The van der Waals surface area contributed by atoms with Crippen LogP contribution in [-0.2, 0) is 16.6 Å². The second kappa shape index (κ2) is 8.65. The molecule has 5 nitrogen and oxygen atoms in total. The topological polar surface area (TPSA) is 69.6 Å². The van der Waals surface area contributed by atoms with Crippen LogP contribution in [0.15, 0.2) is 22.9 Å². The van der Waals surface area contributed by atoms with Gasteiger partial charge in [-0.3, -0.25) is 0 Å². The van der Waals surface area contributed by atoms with Crippen LogP contribution in [0.25, 0.3) is 0 Å². The molecule has 120 valence electrons. The first-order chi connectivity index (χ1) is 9.97. The normalized spacial score (nSPS) is 12.0. The zero-order chi connectivity index (χ0) is 15.9. The highest BCUT2D eigenvalue weighted by atomic mass is 32.2. The molecule has 0 spiro atoms. The minimum absolute atomic E-state index is 0.0781. The molecule has 0 aromatic carbocycles. The lowest BCUT2D eigenvalue weighted by Crippen LogP contribution is -2.33. The number of hydrogen-bond acceptors (Lipinski definition) is 5. The molecule has 0 atom stereocenters.